The molecule has 0 aliphatic heterocycles. The molecule has 114 valence electrons. The van der Waals surface area contributed by atoms with Crippen LogP contribution >= 0.6 is 0 Å². The second-order valence-corrected chi connectivity index (χ2v) is 5.77. The summed E-state index contributed by atoms with van der Waals surface area (Å²) in [4.78, 5) is 12.4. The fraction of sp³-hybridized carbons (Fsp3) is 0.500. The zero-order valence-corrected chi connectivity index (χ0v) is 10.9. The Kier molecular flexibility index (Phi) is 5.15. The van der Waals surface area contributed by atoms with Crippen LogP contribution < -0.4 is 10.3 Å². The number of pyridine rings is 1. The molecule has 0 bridgehead atoms. The van der Waals surface area contributed by atoms with Crippen LogP contribution in [0, 0.1) is 0 Å². The molecule has 1 rings (SSSR count). The van der Waals surface area contributed by atoms with Crippen molar-refractivity contribution in [1.29, 1.82) is 0 Å². The van der Waals surface area contributed by atoms with E-state index >= 15 is 0 Å². The Morgan fingerprint density at radius 3 is 2.40 bits per heavy atom. The summed E-state index contributed by atoms with van der Waals surface area (Å²) in [7, 11) is -4.04. The normalized spacial score (nSPS) is 12.4. The lowest BCUT2D eigenvalue weighted by Gasteiger charge is -2.13. The molecule has 0 fully saturated rings. The predicted molar refractivity (Wildman–Crippen MR) is 64.7 cm³/mol. The first-order chi connectivity index (χ1) is 9.15. The van der Waals surface area contributed by atoms with Crippen molar-refractivity contribution >= 4 is 15.7 Å². The molecule has 0 radical (unpaired) electrons. The largest absolute Gasteiger partial charge is 0.433 e. The highest BCUT2D eigenvalue weighted by atomic mass is 32.2. The van der Waals surface area contributed by atoms with Crippen molar-refractivity contribution in [3.05, 3.63) is 28.2 Å². The molecule has 10 heteroatoms. The quantitative estimate of drug-likeness (QED) is 0.621. The maximum absolute atomic E-state index is 12.7. The van der Waals surface area contributed by atoms with Gasteiger partial charge in [0.25, 0.3) is 0 Å². The third kappa shape index (κ3) is 4.83. The van der Waals surface area contributed by atoms with Gasteiger partial charge in [-0.3, -0.25) is 13.9 Å². The van der Waals surface area contributed by atoms with Crippen LogP contribution in [0.2, 0.25) is 0 Å². The van der Waals surface area contributed by atoms with E-state index in [-0.39, 0.29) is 12.8 Å². The molecular weight excluding hydrogens is 304 g/mol. The highest BCUT2D eigenvalue weighted by Gasteiger charge is 2.35. The number of sulfonamides is 1. The van der Waals surface area contributed by atoms with Crippen molar-refractivity contribution in [3.8, 4) is 0 Å². The molecule has 0 saturated heterocycles. The minimum Gasteiger partial charge on any atom is -0.317 e. The molecule has 0 spiro atoms. The van der Waals surface area contributed by atoms with Crippen molar-refractivity contribution in [2.45, 2.75) is 19.0 Å². The van der Waals surface area contributed by atoms with E-state index in [0.29, 0.717) is 0 Å². The molecule has 5 nitrogen and oxygen atoms in total. The number of halogens is 4. The lowest BCUT2D eigenvalue weighted by molar-refractivity contribution is -0.140. The third-order valence-electron chi connectivity index (χ3n) is 2.26. The first-order valence-corrected chi connectivity index (χ1v) is 7.18. The van der Waals surface area contributed by atoms with Crippen molar-refractivity contribution < 1.29 is 26.0 Å². The minimum atomic E-state index is -4.91. The summed E-state index contributed by atoms with van der Waals surface area (Å²) in [6, 6.07) is 1.50. The minimum absolute atomic E-state index is 0.00133. The highest BCUT2D eigenvalue weighted by molar-refractivity contribution is 7.92. The van der Waals surface area contributed by atoms with Crippen molar-refractivity contribution in [1.82, 2.24) is 4.98 Å². The van der Waals surface area contributed by atoms with E-state index in [1.807, 2.05) is 0 Å². The number of hydrogen-bond acceptors (Lipinski definition) is 3. The summed E-state index contributed by atoms with van der Waals surface area (Å²) >= 11 is 0. The van der Waals surface area contributed by atoms with Gasteiger partial charge in [0.15, 0.2) is 0 Å². The van der Waals surface area contributed by atoms with E-state index in [1.54, 1.807) is 4.72 Å². The van der Waals surface area contributed by atoms with Crippen LogP contribution in [0.4, 0.5) is 23.2 Å². The van der Waals surface area contributed by atoms with E-state index in [4.69, 9.17) is 0 Å². The second kappa shape index (κ2) is 6.25. The van der Waals surface area contributed by atoms with Crippen LogP contribution in [-0.2, 0) is 16.2 Å². The topological polar surface area (TPSA) is 79.0 Å². The van der Waals surface area contributed by atoms with Gasteiger partial charge in [-0.1, -0.05) is 0 Å². The molecule has 2 N–H and O–H groups in total. The molecule has 1 aromatic heterocycles. The first-order valence-electron chi connectivity index (χ1n) is 5.53. The Balaban J connectivity index is 3.01. The molecule has 1 heterocycles. The van der Waals surface area contributed by atoms with Gasteiger partial charge in [0.2, 0.25) is 15.6 Å². The highest BCUT2D eigenvalue weighted by Crippen LogP contribution is 2.32. The fourth-order valence-corrected chi connectivity index (χ4v) is 2.58. The second-order valence-electron chi connectivity index (χ2n) is 3.93. The fourth-order valence-electron chi connectivity index (χ4n) is 1.39. The van der Waals surface area contributed by atoms with Crippen LogP contribution in [0.1, 0.15) is 18.5 Å². The van der Waals surface area contributed by atoms with Crippen LogP contribution in [-0.4, -0.2) is 25.8 Å². The Morgan fingerprint density at radius 2 is 1.85 bits per heavy atom. The van der Waals surface area contributed by atoms with E-state index in [0.717, 1.165) is 12.1 Å². The van der Waals surface area contributed by atoms with Crippen LogP contribution in [0.15, 0.2) is 16.9 Å². The standard InChI is InChI=1S/C10H12F4N2O3S/c11-5-1-2-6-20(18,19)16-7-3-4-8(17)15-9(7)10(12,13)14/h3-4,16H,1-2,5-6H2,(H,15,17). The van der Waals surface area contributed by atoms with Gasteiger partial charge >= 0.3 is 6.18 Å². The van der Waals surface area contributed by atoms with E-state index in [9.17, 15) is 30.8 Å². The van der Waals surface area contributed by atoms with Gasteiger partial charge in [-0.15, -0.1) is 0 Å². The molecule has 0 amide bonds. The Hall–Kier alpha value is -1.58. The number of H-pyrrole nitrogens is 1. The summed E-state index contributed by atoms with van der Waals surface area (Å²) in [6.45, 7) is -0.706. The van der Waals surface area contributed by atoms with Crippen molar-refractivity contribution in [3.63, 3.8) is 0 Å². The number of anilines is 1. The zero-order valence-electron chi connectivity index (χ0n) is 10.1. The van der Waals surface area contributed by atoms with Gasteiger partial charge in [-0.05, 0) is 18.9 Å². The number of aromatic nitrogens is 1. The lowest BCUT2D eigenvalue weighted by Crippen LogP contribution is -2.23. The van der Waals surface area contributed by atoms with Gasteiger partial charge < -0.3 is 4.98 Å². The SMILES string of the molecule is O=c1ccc(NS(=O)(=O)CCCCF)c(C(F)(F)F)[nH]1. The molecule has 0 aliphatic rings. The molecule has 0 atom stereocenters. The monoisotopic (exact) mass is 316 g/mol. The summed E-state index contributed by atoms with van der Waals surface area (Å²) in [6.07, 6.45) is -4.92. The summed E-state index contributed by atoms with van der Waals surface area (Å²) in [5.74, 6) is -0.507. The Labute approximate surface area is 112 Å². The Bertz CT molecular complexity index is 610. The van der Waals surface area contributed by atoms with E-state index in [2.05, 4.69) is 0 Å². The number of nitrogens with one attached hydrogen (secondary N) is 2. The molecular formula is C10H12F4N2O3S. The third-order valence-corrected chi connectivity index (χ3v) is 3.62. The molecule has 0 unspecified atom stereocenters. The van der Waals surface area contributed by atoms with Gasteiger partial charge in [-0.25, -0.2) is 8.42 Å². The maximum Gasteiger partial charge on any atom is 0.433 e. The smallest absolute Gasteiger partial charge is 0.317 e. The average molecular weight is 316 g/mol. The lowest BCUT2D eigenvalue weighted by atomic mass is 10.3. The number of alkyl halides is 4. The van der Waals surface area contributed by atoms with Gasteiger partial charge in [0, 0.05) is 6.07 Å². The molecule has 0 aromatic carbocycles. The van der Waals surface area contributed by atoms with Crippen molar-refractivity contribution in [2.24, 2.45) is 0 Å². The zero-order chi connectivity index (χ0) is 15.4. The first kappa shape index (κ1) is 16.5. The van der Waals surface area contributed by atoms with Gasteiger partial charge in [-0.2, -0.15) is 13.2 Å². The Morgan fingerprint density at radius 1 is 1.20 bits per heavy atom. The summed E-state index contributed by atoms with van der Waals surface area (Å²) in [5.41, 5.74) is -3.24. The van der Waals surface area contributed by atoms with Crippen LogP contribution in [0.25, 0.3) is 0 Å². The van der Waals surface area contributed by atoms with Crippen LogP contribution in [0.5, 0.6) is 0 Å². The summed E-state index contributed by atoms with van der Waals surface area (Å²) < 4.78 is 74.7. The number of hydrogen-bond donors (Lipinski definition) is 2. The number of unbranched alkanes of at least 4 members (excludes halogenated alkanes) is 1. The van der Waals surface area contributed by atoms with Gasteiger partial charge in [0.1, 0.15) is 5.69 Å². The molecule has 1 aromatic rings. The number of aromatic amines is 1. The van der Waals surface area contributed by atoms with Gasteiger partial charge in [0.05, 0.1) is 18.1 Å². The predicted octanol–water partition coefficient (Wildman–Crippen LogP) is 1.89. The van der Waals surface area contributed by atoms with E-state index in [1.165, 1.54) is 4.98 Å². The number of rotatable bonds is 6. The van der Waals surface area contributed by atoms with E-state index < -0.39 is 45.6 Å². The average Bonchev–Trinajstić information content (AvgIpc) is 2.30. The molecule has 0 aliphatic carbocycles. The molecule has 20 heavy (non-hydrogen) atoms. The van der Waals surface area contributed by atoms with Crippen molar-refractivity contribution in [2.75, 3.05) is 17.1 Å². The maximum atomic E-state index is 12.7. The summed E-state index contributed by atoms with van der Waals surface area (Å²) in [5, 5.41) is 0. The molecule has 0 saturated carbocycles. The van der Waals surface area contributed by atoms with Crippen LogP contribution in [0.3, 0.4) is 0 Å².